The van der Waals surface area contributed by atoms with Crippen LogP contribution in [-0.2, 0) is 0 Å². The summed E-state index contributed by atoms with van der Waals surface area (Å²) in [5.74, 6) is -0.0927. The average molecular weight is 414 g/mol. The molecule has 1 fully saturated rings. The summed E-state index contributed by atoms with van der Waals surface area (Å²) < 4.78 is 35.6. The maximum Gasteiger partial charge on any atom is 0.181 e. The summed E-state index contributed by atoms with van der Waals surface area (Å²) in [7, 11) is 1.50. The van der Waals surface area contributed by atoms with Crippen LogP contribution in [0.5, 0.6) is 5.75 Å². The number of hydrogen-bond acceptors (Lipinski definition) is 8. The molecule has 3 heterocycles. The van der Waals surface area contributed by atoms with Crippen molar-refractivity contribution in [2.45, 2.75) is 6.04 Å². The number of nitrogens with one attached hydrogen (secondary N) is 2. The molecule has 5 rings (SSSR count). The van der Waals surface area contributed by atoms with Crippen LogP contribution in [0.4, 0.5) is 19.7 Å². The van der Waals surface area contributed by atoms with Gasteiger partial charge in [-0.15, -0.1) is 0 Å². The van der Waals surface area contributed by atoms with Crippen LogP contribution < -0.4 is 21.1 Å². The highest BCUT2D eigenvalue weighted by atomic mass is 32.1. The third-order valence-electron chi connectivity index (χ3n) is 4.96. The van der Waals surface area contributed by atoms with E-state index in [1.807, 2.05) is 0 Å². The van der Waals surface area contributed by atoms with E-state index in [0.717, 1.165) is 24.4 Å². The summed E-state index contributed by atoms with van der Waals surface area (Å²) in [5, 5.41) is 7.12. The first kappa shape index (κ1) is 18.0. The number of ether oxygens (including phenoxy) is 1. The van der Waals surface area contributed by atoms with E-state index in [1.165, 1.54) is 25.6 Å². The summed E-state index contributed by atoms with van der Waals surface area (Å²) in [5.41, 5.74) is 6.81. The van der Waals surface area contributed by atoms with Gasteiger partial charge in [-0.1, -0.05) is 11.3 Å². The molecule has 0 unspecified atom stereocenters. The Kier molecular flexibility index (Phi) is 4.18. The largest absolute Gasteiger partial charge is 0.496 e. The minimum atomic E-state index is -0.558. The molecule has 29 heavy (non-hydrogen) atoms. The Hall–Kier alpha value is -3.11. The Morgan fingerprint density at radius 2 is 2.03 bits per heavy atom. The van der Waals surface area contributed by atoms with Crippen molar-refractivity contribution in [3.8, 4) is 16.9 Å². The molecule has 1 aliphatic heterocycles. The Morgan fingerprint density at radius 1 is 1.21 bits per heavy atom. The van der Waals surface area contributed by atoms with Crippen LogP contribution in [0.3, 0.4) is 0 Å². The number of aromatic nitrogens is 3. The molecule has 4 aromatic rings. The van der Waals surface area contributed by atoms with E-state index < -0.39 is 11.6 Å². The molecule has 0 saturated carbocycles. The van der Waals surface area contributed by atoms with Gasteiger partial charge in [0.25, 0.3) is 0 Å². The Bertz CT molecular complexity index is 1260. The number of halogens is 2. The number of methoxy groups -OCH3 is 1. The molecule has 0 radical (unpaired) electrons. The van der Waals surface area contributed by atoms with Gasteiger partial charge in [-0.2, -0.15) is 0 Å². The zero-order valence-electron chi connectivity index (χ0n) is 15.3. The molecule has 4 N–H and O–H groups in total. The van der Waals surface area contributed by atoms with Gasteiger partial charge in [0.2, 0.25) is 0 Å². The van der Waals surface area contributed by atoms with E-state index in [-0.39, 0.29) is 27.0 Å². The van der Waals surface area contributed by atoms with Gasteiger partial charge in [-0.25, -0.2) is 23.7 Å². The van der Waals surface area contributed by atoms with E-state index in [1.54, 1.807) is 6.07 Å². The van der Waals surface area contributed by atoms with Crippen LogP contribution in [0.1, 0.15) is 0 Å². The third-order valence-corrected chi connectivity index (χ3v) is 5.85. The fourth-order valence-corrected chi connectivity index (χ4v) is 4.20. The number of rotatable bonds is 4. The lowest BCUT2D eigenvalue weighted by Gasteiger charge is -2.29. The molecule has 0 spiro atoms. The summed E-state index contributed by atoms with van der Waals surface area (Å²) >= 11 is 1.02. The second kappa shape index (κ2) is 6.75. The number of anilines is 2. The molecule has 7 nitrogen and oxygen atoms in total. The minimum absolute atomic E-state index is 0.116. The van der Waals surface area contributed by atoms with Crippen molar-refractivity contribution in [3.05, 3.63) is 36.2 Å². The van der Waals surface area contributed by atoms with Crippen molar-refractivity contribution >= 4 is 43.4 Å². The van der Waals surface area contributed by atoms with Gasteiger partial charge in [0, 0.05) is 24.2 Å². The summed E-state index contributed by atoms with van der Waals surface area (Å²) in [6, 6.07) is 4.53. The van der Waals surface area contributed by atoms with E-state index in [2.05, 4.69) is 25.6 Å². The average Bonchev–Trinajstić information content (AvgIpc) is 3.08. The van der Waals surface area contributed by atoms with Crippen LogP contribution in [0.25, 0.3) is 32.2 Å². The first-order valence-electron chi connectivity index (χ1n) is 8.90. The minimum Gasteiger partial charge on any atom is -0.496 e. The molecule has 0 aliphatic carbocycles. The summed E-state index contributed by atoms with van der Waals surface area (Å²) in [4.78, 5) is 12.6. The zero-order chi connectivity index (χ0) is 20.1. The number of nitrogen functional groups attached to an aromatic ring is 1. The number of thiazole rings is 1. The Balaban J connectivity index is 1.76. The molecular formula is C19H16F2N6OS. The molecular weight excluding hydrogens is 398 g/mol. The van der Waals surface area contributed by atoms with Crippen LogP contribution >= 0.6 is 11.3 Å². The van der Waals surface area contributed by atoms with Gasteiger partial charge in [0.1, 0.15) is 29.2 Å². The van der Waals surface area contributed by atoms with E-state index in [0.29, 0.717) is 28.0 Å². The summed E-state index contributed by atoms with van der Waals surface area (Å²) in [6.45, 7) is 1.60. The molecule has 148 valence electrons. The van der Waals surface area contributed by atoms with Gasteiger partial charge in [0.05, 0.1) is 28.8 Å². The van der Waals surface area contributed by atoms with Crippen LogP contribution in [-0.4, -0.2) is 41.2 Å². The molecule has 2 aromatic carbocycles. The normalized spacial score (nSPS) is 14.3. The van der Waals surface area contributed by atoms with Crippen molar-refractivity contribution in [1.82, 2.24) is 20.3 Å². The van der Waals surface area contributed by atoms with Gasteiger partial charge >= 0.3 is 0 Å². The van der Waals surface area contributed by atoms with Crippen molar-refractivity contribution in [1.29, 1.82) is 0 Å². The number of nitrogens with zero attached hydrogens (tertiary/aromatic N) is 3. The van der Waals surface area contributed by atoms with Gasteiger partial charge < -0.3 is 21.1 Å². The highest BCUT2D eigenvalue weighted by Crippen LogP contribution is 2.41. The molecule has 1 aliphatic rings. The van der Waals surface area contributed by atoms with Crippen molar-refractivity contribution < 1.29 is 13.5 Å². The van der Waals surface area contributed by atoms with Crippen LogP contribution in [0.2, 0.25) is 0 Å². The van der Waals surface area contributed by atoms with Crippen molar-refractivity contribution in [2.75, 3.05) is 31.2 Å². The van der Waals surface area contributed by atoms with E-state index >= 15 is 4.39 Å². The smallest absolute Gasteiger partial charge is 0.181 e. The van der Waals surface area contributed by atoms with Crippen LogP contribution in [0.15, 0.2) is 24.5 Å². The Morgan fingerprint density at radius 3 is 2.76 bits per heavy atom. The number of nitrogens with two attached hydrogens (primary N) is 1. The van der Waals surface area contributed by atoms with E-state index in [4.69, 9.17) is 10.5 Å². The van der Waals surface area contributed by atoms with Gasteiger partial charge in [0.15, 0.2) is 10.9 Å². The lowest BCUT2D eigenvalue weighted by Crippen LogP contribution is -2.51. The molecule has 10 heteroatoms. The van der Waals surface area contributed by atoms with Crippen molar-refractivity contribution in [3.63, 3.8) is 0 Å². The molecule has 1 saturated heterocycles. The molecule has 0 amide bonds. The number of hydrogen-bond donors (Lipinski definition) is 3. The van der Waals surface area contributed by atoms with E-state index in [9.17, 15) is 4.39 Å². The second-order valence-corrected chi connectivity index (χ2v) is 7.74. The third kappa shape index (κ3) is 2.83. The zero-order valence-corrected chi connectivity index (χ0v) is 16.1. The Labute approximate surface area is 167 Å². The maximum absolute atomic E-state index is 15.6. The van der Waals surface area contributed by atoms with Crippen molar-refractivity contribution in [2.24, 2.45) is 0 Å². The highest BCUT2D eigenvalue weighted by molar-refractivity contribution is 7.22. The molecule has 0 bridgehead atoms. The molecule has 0 atom stereocenters. The highest BCUT2D eigenvalue weighted by Gasteiger charge is 2.24. The first-order valence-corrected chi connectivity index (χ1v) is 9.71. The monoisotopic (exact) mass is 414 g/mol. The quantitative estimate of drug-likeness (QED) is 0.472. The molecule has 2 aromatic heterocycles. The number of benzene rings is 2. The lowest BCUT2D eigenvalue weighted by molar-refractivity contribution is 0.419. The fraction of sp³-hybridized carbons (Fsp3) is 0.211. The predicted octanol–water partition coefficient (Wildman–Crippen LogP) is 3.16. The van der Waals surface area contributed by atoms with Gasteiger partial charge in [-0.3, -0.25) is 0 Å². The first-order chi connectivity index (χ1) is 14.1. The standard InChI is InChI=1S/C19H16F2N6OS/c1-28-12-4-10(9-2-3-11(20)17-15(9)27-19(22)29-17)14(21)16-13(12)18(25-7-24-16)26-8-5-23-6-8/h2-4,7-8,23H,5-6H2,1H3,(H2,22,27)(H,24,25,26). The van der Waals surface area contributed by atoms with Gasteiger partial charge in [-0.05, 0) is 18.2 Å². The fourth-order valence-electron chi connectivity index (χ4n) is 3.44. The summed E-state index contributed by atoms with van der Waals surface area (Å²) in [6.07, 6.45) is 1.31. The second-order valence-electron chi connectivity index (χ2n) is 6.71. The maximum atomic E-state index is 15.6. The topological polar surface area (TPSA) is 98.0 Å². The van der Waals surface area contributed by atoms with Crippen LogP contribution in [0, 0.1) is 11.6 Å². The number of fused-ring (bicyclic) bond motifs is 2. The SMILES string of the molecule is COc1cc(-c2ccc(F)c3sc(N)nc23)c(F)c2ncnc(NC3CNC3)c12. The predicted molar refractivity (Wildman–Crippen MR) is 109 cm³/mol. The lowest BCUT2D eigenvalue weighted by atomic mass is 10.0.